The van der Waals surface area contributed by atoms with E-state index in [0.29, 0.717) is 25.8 Å². The fourth-order valence-corrected chi connectivity index (χ4v) is 5.27. The minimum atomic E-state index is -5.08. The quantitative estimate of drug-likeness (QED) is 0.371. The van der Waals surface area contributed by atoms with E-state index in [1.807, 2.05) is 0 Å². The van der Waals surface area contributed by atoms with Gasteiger partial charge in [-0.1, -0.05) is 6.42 Å². The van der Waals surface area contributed by atoms with Gasteiger partial charge >= 0.3 is 6.36 Å². The molecule has 0 aromatic heterocycles. The summed E-state index contributed by atoms with van der Waals surface area (Å²) in [6, 6.07) is -2.68. The SMILES string of the molecule is O=C1NCCC1CC(NC(=O)C1C2CCCC2CN1C(=O)[C@H](O)CC(F)F)C(=O)COC(F)(F)F. The minimum absolute atomic E-state index is 0.0582. The standard InChI is InChI=1S/C21H28F5N3O6/c22-16(23)7-14(30)20(34)29-8-11-2-1-3-12(11)17(29)19(33)28-13(6-10-4-5-27-18(10)32)15(31)9-35-21(24,25)26/h10-14,16-17,30H,1-9H2,(H,27,32)(H,28,33)/t10?,11?,12?,13?,14-,17?/m1/s1. The lowest BCUT2D eigenvalue weighted by Gasteiger charge is -2.30. The van der Waals surface area contributed by atoms with E-state index in [-0.39, 0.29) is 24.8 Å². The molecule has 3 aliphatic rings. The molecule has 2 aliphatic heterocycles. The number of hydrogen-bond donors (Lipinski definition) is 3. The summed E-state index contributed by atoms with van der Waals surface area (Å²) in [5.74, 6) is -4.58. The molecule has 9 nitrogen and oxygen atoms in total. The lowest BCUT2D eigenvalue weighted by Crippen LogP contribution is -2.55. The van der Waals surface area contributed by atoms with Crippen molar-refractivity contribution in [3.63, 3.8) is 0 Å². The van der Waals surface area contributed by atoms with Crippen molar-refractivity contribution < 1.29 is 51.0 Å². The van der Waals surface area contributed by atoms with E-state index in [0.717, 1.165) is 11.3 Å². The van der Waals surface area contributed by atoms with E-state index in [2.05, 4.69) is 15.4 Å². The van der Waals surface area contributed by atoms with Gasteiger partial charge in [-0.3, -0.25) is 23.9 Å². The van der Waals surface area contributed by atoms with Crippen LogP contribution in [0.25, 0.3) is 0 Å². The molecule has 0 spiro atoms. The van der Waals surface area contributed by atoms with Crippen molar-refractivity contribution in [2.75, 3.05) is 19.7 Å². The van der Waals surface area contributed by atoms with Crippen molar-refractivity contribution in [2.45, 2.75) is 69.5 Å². The van der Waals surface area contributed by atoms with Crippen LogP contribution < -0.4 is 10.6 Å². The third-order valence-electron chi connectivity index (χ3n) is 6.89. The Labute approximate surface area is 197 Å². The Kier molecular flexibility index (Phi) is 8.67. The fourth-order valence-electron chi connectivity index (χ4n) is 5.27. The van der Waals surface area contributed by atoms with Crippen LogP contribution in [0.1, 0.15) is 38.5 Å². The Hall–Kier alpha value is -2.35. The zero-order valence-corrected chi connectivity index (χ0v) is 18.7. The zero-order chi connectivity index (χ0) is 25.9. The highest BCUT2D eigenvalue weighted by Crippen LogP contribution is 2.42. The summed E-state index contributed by atoms with van der Waals surface area (Å²) in [6.45, 7) is -1.01. The summed E-state index contributed by atoms with van der Waals surface area (Å²) in [6.07, 6.45) is -9.14. The fraction of sp³-hybridized carbons (Fsp3) is 0.810. The molecule has 2 saturated heterocycles. The molecule has 3 amide bonds. The van der Waals surface area contributed by atoms with Gasteiger partial charge < -0.3 is 20.6 Å². The summed E-state index contributed by atoms with van der Waals surface area (Å²) in [5, 5.41) is 14.8. The summed E-state index contributed by atoms with van der Waals surface area (Å²) in [5.41, 5.74) is 0. The van der Waals surface area contributed by atoms with Gasteiger partial charge in [0.05, 0.1) is 6.04 Å². The van der Waals surface area contributed by atoms with Crippen LogP contribution in [0, 0.1) is 17.8 Å². The van der Waals surface area contributed by atoms with Crippen LogP contribution in [0.15, 0.2) is 0 Å². The minimum Gasteiger partial charge on any atom is -0.383 e. The molecule has 3 fully saturated rings. The molecule has 35 heavy (non-hydrogen) atoms. The molecular weight excluding hydrogens is 485 g/mol. The smallest absolute Gasteiger partial charge is 0.383 e. The monoisotopic (exact) mass is 513 g/mol. The third kappa shape index (κ3) is 6.87. The Balaban J connectivity index is 1.77. The van der Waals surface area contributed by atoms with E-state index < -0.39 is 73.4 Å². The molecule has 0 radical (unpaired) electrons. The topological polar surface area (TPSA) is 125 Å². The van der Waals surface area contributed by atoms with Crippen molar-refractivity contribution in [1.82, 2.24) is 15.5 Å². The van der Waals surface area contributed by atoms with Crippen molar-refractivity contribution >= 4 is 23.5 Å². The number of carbonyl (C=O) groups excluding carboxylic acids is 4. The Morgan fingerprint density at radius 2 is 1.91 bits per heavy atom. The second-order valence-electron chi connectivity index (χ2n) is 9.21. The lowest BCUT2D eigenvalue weighted by atomic mass is 9.92. The number of ether oxygens (including phenoxy) is 1. The number of amides is 3. The average molecular weight is 513 g/mol. The van der Waals surface area contributed by atoms with Crippen molar-refractivity contribution in [2.24, 2.45) is 17.8 Å². The first kappa shape index (κ1) is 27.2. The number of alkyl halides is 5. The predicted molar refractivity (Wildman–Crippen MR) is 108 cm³/mol. The maximum absolute atomic E-state index is 13.3. The van der Waals surface area contributed by atoms with Crippen LogP contribution in [0.3, 0.4) is 0 Å². The van der Waals surface area contributed by atoms with Gasteiger partial charge in [-0.25, -0.2) is 8.78 Å². The van der Waals surface area contributed by atoms with Crippen molar-refractivity contribution in [1.29, 1.82) is 0 Å². The van der Waals surface area contributed by atoms with Gasteiger partial charge in [-0.2, -0.15) is 0 Å². The molecule has 198 valence electrons. The van der Waals surface area contributed by atoms with Crippen molar-refractivity contribution in [3.05, 3.63) is 0 Å². The maximum atomic E-state index is 13.3. The van der Waals surface area contributed by atoms with E-state index in [1.54, 1.807) is 0 Å². The van der Waals surface area contributed by atoms with E-state index in [4.69, 9.17) is 0 Å². The molecule has 0 bridgehead atoms. The number of likely N-dealkylation sites (tertiary alicyclic amines) is 1. The highest BCUT2D eigenvalue weighted by Gasteiger charge is 2.51. The number of ketones is 1. The molecule has 3 N–H and O–H groups in total. The number of hydrogen-bond acceptors (Lipinski definition) is 6. The summed E-state index contributed by atoms with van der Waals surface area (Å²) >= 11 is 0. The molecule has 14 heteroatoms. The Morgan fingerprint density at radius 3 is 2.51 bits per heavy atom. The molecule has 1 saturated carbocycles. The average Bonchev–Trinajstić information content (AvgIpc) is 3.46. The molecular formula is C21H28F5N3O6. The van der Waals surface area contributed by atoms with Gasteiger partial charge in [0, 0.05) is 25.4 Å². The molecule has 1 aliphatic carbocycles. The molecule has 3 rings (SSSR count). The number of fused-ring (bicyclic) bond motifs is 1. The first-order valence-electron chi connectivity index (χ1n) is 11.5. The molecule has 0 aromatic carbocycles. The number of Topliss-reactive ketones (excluding diaryl/α,β-unsaturated/α-hetero) is 1. The molecule has 2 heterocycles. The van der Waals surface area contributed by atoms with Gasteiger partial charge in [-0.15, -0.1) is 13.2 Å². The number of halogens is 5. The first-order chi connectivity index (χ1) is 16.4. The number of nitrogens with one attached hydrogen (secondary N) is 2. The number of aliphatic hydroxyl groups is 1. The Morgan fingerprint density at radius 1 is 1.20 bits per heavy atom. The Bertz CT molecular complexity index is 826. The summed E-state index contributed by atoms with van der Waals surface area (Å²) in [4.78, 5) is 51.5. The van der Waals surface area contributed by atoms with Crippen LogP contribution in [-0.2, 0) is 23.9 Å². The van der Waals surface area contributed by atoms with Crippen LogP contribution in [0.4, 0.5) is 22.0 Å². The predicted octanol–water partition coefficient (Wildman–Crippen LogP) is 0.746. The van der Waals surface area contributed by atoms with E-state index >= 15 is 0 Å². The van der Waals surface area contributed by atoms with Gasteiger partial charge in [0.15, 0.2) is 5.78 Å². The largest absolute Gasteiger partial charge is 0.522 e. The van der Waals surface area contributed by atoms with Crippen LogP contribution in [-0.4, -0.2) is 84.2 Å². The second kappa shape index (κ2) is 11.1. The van der Waals surface area contributed by atoms with Crippen LogP contribution in [0.2, 0.25) is 0 Å². The van der Waals surface area contributed by atoms with Crippen molar-refractivity contribution in [3.8, 4) is 0 Å². The summed E-state index contributed by atoms with van der Waals surface area (Å²) in [7, 11) is 0. The van der Waals surface area contributed by atoms with E-state index in [9.17, 15) is 46.2 Å². The van der Waals surface area contributed by atoms with Gasteiger partial charge in [0.2, 0.25) is 18.2 Å². The second-order valence-corrected chi connectivity index (χ2v) is 9.21. The molecule has 5 unspecified atom stereocenters. The maximum Gasteiger partial charge on any atom is 0.522 e. The number of nitrogens with zero attached hydrogens (tertiary/aromatic N) is 1. The van der Waals surface area contributed by atoms with Gasteiger partial charge in [-0.05, 0) is 37.5 Å². The van der Waals surface area contributed by atoms with Gasteiger partial charge in [0.25, 0.3) is 5.91 Å². The number of rotatable bonds is 10. The number of carbonyl (C=O) groups is 4. The highest BCUT2D eigenvalue weighted by atomic mass is 19.4. The van der Waals surface area contributed by atoms with Crippen LogP contribution >= 0.6 is 0 Å². The number of aliphatic hydroxyl groups excluding tert-OH is 1. The summed E-state index contributed by atoms with van der Waals surface area (Å²) < 4.78 is 66.4. The third-order valence-corrected chi connectivity index (χ3v) is 6.89. The lowest BCUT2D eigenvalue weighted by molar-refractivity contribution is -0.321. The first-order valence-corrected chi connectivity index (χ1v) is 11.5. The zero-order valence-electron chi connectivity index (χ0n) is 18.7. The highest BCUT2D eigenvalue weighted by molar-refractivity contribution is 5.95. The van der Waals surface area contributed by atoms with E-state index in [1.165, 1.54) is 0 Å². The molecule has 6 atom stereocenters. The van der Waals surface area contributed by atoms with Crippen LogP contribution in [0.5, 0.6) is 0 Å². The molecule has 0 aromatic rings. The normalized spacial score (nSPS) is 28.1. The van der Waals surface area contributed by atoms with Gasteiger partial charge in [0.1, 0.15) is 18.8 Å².